The van der Waals surface area contributed by atoms with Crippen LogP contribution in [-0.4, -0.2) is 4.92 Å². The molecule has 0 aliphatic rings. The molecule has 0 aliphatic heterocycles. The van der Waals surface area contributed by atoms with Crippen LogP contribution in [0.2, 0.25) is 0 Å². The Bertz CT molecular complexity index is 144. The Balaban J connectivity index is 3.96. The summed E-state index contributed by atoms with van der Waals surface area (Å²) >= 11 is 0. The van der Waals surface area contributed by atoms with E-state index in [9.17, 15) is 10.1 Å². The molecule has 0 unspecified atom stereocenters. The molecule has 0 bridgehead atoms. The maximum Gasteiger partial charge on any atom is 0.233 e. The molecule has 0 fully saturated rings. The van der Waals surface area contributed by atoms with Crippen LogP contribution in [0.1, 0.15) is 39.5 Å². The van der Waals surface area contributed by atoms with Crippen LogP contribution in [0.25, 0.3) is 0 Å². The first-order chi connectivity index (χ1) is 5.20. The van der Waals surface area contributed by atoms with E-state index in [2.05, 4.69) is 0 Å². The molecule has 3 nitrogen and oxygen atoms in total. The van der Waals surface area contributed by atoms with Gasteiger partial charge in [0.15, 0.2) is 0 Å². The number of hydrogen-bond acceptors (Lipinski definition) is 2. The third-order valence-electron chi connectivity index (χ3n) is 1.43. The summed E-state index contributed by atoms with van der Waals surface area (Å²) in [6.07, 6.45) is 4.83. The molecule has 64 valence electrons. The monoisotopic (exact) mass is 157 g/mol. The lowest BCUT2D eigenvalue weighted by molar-refractivity contribution is -0.403. The minimum atomic E-state index is -0.360. The van der Waals surface area contributed by atoms with Crippen molar-refractivity contribution in [1.82, 2.24) is 0 Å². The van der Waals surface area contributed by atoms with Gasteiger partial charge in [-0.2, -0.15) is 0 Å². The van der Waals surface area contributed by atoms with E-state index in [-0.39, 0.29) is 4.92 Å². The topological polar surface area (TPSA) is 43.1 Å². The summed E-state index contributed by atoms with van der Waals surface area (Å²) in [5, 5.41) is 10.1. The van der Waals surface area contributed by atoms with Gasteiger partial charge in [-0.1, -0.05) is 26.7 Å². The second kappa shape index (κ2) is 5.89. The maximum atomic E-state index is 10.1. The molecule has 0 atom stereocenters. The van der Waals surface area contributed by atoms with Crippen LogP contribution in [0, 0.1) is 10.1 Å². The van der Waals surface area contributed by atoms with Crippen LogP contribution in [-0.2, 0) is 0 Å². The van der Waals surface area contributed by atoms with Crippen molar-refractivity contribution in [3.05, 3.63) is 21.9 Å². The van der Waals surface area contributed by atoms with E-state index in [4.69, 9.17) is 0 Å². The van der Waals surface area contributed by atoms with E-state index < -0.39 is 0 Å². The Kier molecular flexibility index (Phi) is 5.43. The van der Waals surface area contributed by atoms with Crippen molar-refractivity contribution in [2.24, 2.45) is 0 Å². The summed E-state index contributed by atoms with van der Waals surface area (Å²) in [6.45, 7) is 4.06. The Morgan fingerprint density at radius 3 is 2.09 bits per heavy atom. The van der Waals surface area contributed by atoms with Gasteiger partial charge >= 0.3 is 0 Å². The predicted molar refractivity (Wildman–Crippen MR) is 44.9 cm³/mol. The average molecular weight is 157 g/mol. The van der Waals surface area contributed by atoms with Crippen molar-refractivity contribution in [1.29, 1.82) is 0 Å². The van der Waals surface area contributed by atoms with Gasteiger partial charge in [0.2, 0.25) is 6.20 Å². The average Bonchev–Trinajstić information content (AvgIpc) is 1.87. The molecular formula is C8H15NO2. The molecular weight excluding hydrogens is 142 g/mol. The highest BCUT2D eigenvalue weighted by molar-refractivity contribution is 4.96. The molecule has 0 aliphatic carbocycles. The van der Waals surface area contributed by atoms with Gasteiger partial charge in [0.25, 0.3) is 0 Å². The van der Waals surface area contributed by atoms with Crippen molar-refractivity contribution in [2.75, 3.05) is 0 Å². The minimum absolute atomic E-state index is 0.360. The Morgan fingerprint density at radius 1 is 1.36 bits per heavy atom. The smallest absolute Gasteiger partial charge is 0.233 e. The number of allylic oxidation sites excluding steroid dienone is 1. The summed E-state index contributed by atoms with van der Waals surface area (Å²) in [6, 6.07) is 0. The molecule has 3 heteroatoms. The zero-order valence-electron chi connectivity index (χ0n) is 7.17. The van der Waals surface area contributed by atoms with Crippen molar-refractivity contribution in [3.63, 3.8) is 0 Å². The third-order valence-corrected chi connectivity index (χ3v) is 1.43. The van der Waals surface area contributed by atoms with Crippen LogP contribution in [0.5, 0.6) is 0 Å². The quantitative estimate of drug-likeness (QED) is 0.455. The van der Waals surface area contributed by atoms with Gasteiger partial charge in [0.1, 0.15) is 0 Å². The lowest BCUT2D eigenvalue weighted by Crippen LogP contribution is -1.90. The van der Waals surface area contributed by atoms with Gasteiger partial charge in [-0.25, -0.2) is 0 Å². The summed E-state index contributed by atoms with van der Waals surface area (Å²) in [5.74, 6) is 0. The van der Waals surface area contributed by atoms with Crippen molar-refractivity contribution >= 4 is 0 Å². The molecule has 0 radical (unpaired) electrons. The van der Waals surface area contributed by atoms with E-state index >= 15 is 0 Å². The molecule has 0 saturated carbocycles. The summed E-state index contributed by atoms with van der Waals surface area (Å²) < 4.78 is 0. The van der Waals surface area contributed by atoms with Crippen LogP contribution < -0.4 is 0 Å². The van der Waals surface area contributed by atoms with E-state index in [0.29, 0.717) is 0 Å². The highest BCUT2D eigenvalue weighted by Crippen LogP contribution is 2.11. The number of hydrogen-bond donors (Lipinski definition) is 0. The van der Waals surface area contributed by atoms with Gasteiger partial charge < -0.3 is 0 Å². The molecule has 0 aromatic heterocycles. The molecule has 0 N–H and O–H groups in total. The number of nitrogens with zero attached hydrogens (tertiary/aromatic N) is 1. The highest BCUT2D eigenvalue weighted by atomic mass is 16.6. The zero-order chi connectivity index (χ0) is 8.69. The van der Waals surface area contributed by atoms with E-state index in [1.165, 1.54) is 0 Å². The van der Waals surface area contributed by atoms with E-state index in [0.717, 1.165) is 37.5 Å². The molecule has 0 aromatic rings. The van der Waals surface area contributed by atoms with E-state index in [1.807, 2.05) is 13.8 Å². The van der Waals surface area contributed by atoms with Crippen LogP contribution in [0.15, 0.2) is 11.8 Å². The van der Waals surface area contributed by atoms with Gasteiger partial charge in [-0.3, -0.25) is 10.1 Å². The first-order valence-electron chi connectivity index (χ1n) is 4.03. The lowest BCUT2D eigenvalue weighted by Gasteiger charge is -1.98. The maximum absolute atomic E-state index is 10.1. The lowest BCUT2D eigenvalue weighted by atomic mass is 10.1. The molecule has 11 heavy (non-hydrogen) atoms. The Labute approximate surface area is 67.3 Å². The van der Waals surface area contributed by atoms with Crippen molar-refractivity contribution in [2.45, 2.75) is 39.5 Å². The van der Waals surface area contributed by atoms with E-state index in [1.54, 1.807) is 0 Å². The second-order valence-corrected chi connectivity index (χ2v) is 2.57. The fraction of sp³-hybridized carbons (Fsp3) is 0.750. The minimum Gasteiger partial charge on any atom is -0.259 e. The van der Waals surface area contributed by atoms with Gasteiger partial charge in [0.05, 0.1) is 4.92 Å². The Morgan fingerprint density at radius 2 is 1.82 bits per heavy atom. The fourth-order valence-electron chi connectivity index (χ4n) is 1.05. The molecule has 0 heterocycles. The third kappa shape index (κ3) is 5.58. The molecule has 0 aromatic carbocycles. The van der Waals surface area contributed by atoms with Crippen molar-refractivity contribution < 1.29 is 4.92 Å². The van der Waals surface area contributed by atoms with Crippen LogP contribution >= 0.6 is 0 Å². The van der Waals surface area contributed by atoms with Gasteiger partial charge in [-0.15, -0.1) is 0 Å². The van der Waals surface area contributed by atoms with Gasteiger partial charge in [-0.05, 0) is 18.4 Å². The van der Waals surface area contributed by atoms with Crippen LogP contribution in [0.4, 0.5) is 0 Å². The van der Waals surface area contributed by atoms with Crippen molar-refractivity contribution in [3.8, 4) is 0 Å². The summed E-state index contributed by atoms with van der Waals surface area (Å²) in [5.41, 5.74) is 0.958. The SMILES string of the molecule is CCCC(=C[N+](=O)[O-])CCC. The predicted octanol–water partition coefficient (Wildman–Crippen LogP) is 2.75. The standard InChI is InChI=1S/C8H15NO2/c1-3-5-8(6-4-2)7-9(10)11/h7H,3-6H2,1-2H3. The molecule has 0 rings (SSSR count). The Hall–Kier alpha value is -0.860. The zero-order valence-corrected chi connectivity index (χ0v) is 7.17. The first-order valence-corrected chi connectivity index (χ1v) is 4.03. The molecule has 0 amide bonds. The number of nitro groups is 1. The number of rotatable bonds is 5. The molecule has 0 saturated heterocycles. The first kappa shape index (κ1) is 10.1. The summed E-state index contributed by atoms with van der Waals surface area (Å²) in [7, 11) is 0. The van der Waals surface area contributed by atoms with Crippen LogP contribution in [0.3, 0.4) is 0 Å². The normalized spacial score (nSPS) is 9.27. The largest absolute Gasteiger partial charge is 0.259 e. The summed E-state index contributed by atoms with van der Waals surface area (Å²) in [4.78, 5) is 9.73. The van der Waals surface area contributed by atoms with Gasteiger partial charge in [0, 0.05) is 0 Å². The second-order valence-electron chi connectivity index (χ2n) is 2.57. The fourth-order valence-corrected chi connectivity index (χ4v) is 1.05. The molecule has 0 spiro atoms. The highest BCUT2D eigenvalue weighted by Gasteiger charge is 1.99.